The number of para-hydroxylation sites is 1. The Bertz CT molecular complexity index is 597. The third-order valence-electron chi connectivity index (χ3n) is 2.72. The molecule has 1 aromatic heterocycles. The van der Waals surface area contributed by atoms with E-state index in [4.69, 9.17) is 0 Å². The highest BCUT2D eigenvalue weighted by atomic mass is 19.3. The molecule has 0 fully saturated rings. The minimum absolute atomic E-state index is 0.0455. The maximum atomic E-state index is 12.3. The Hall–Kier alpha value is -2.30. The molecule has 0 spiro atoms. The first-order chi connectivity index (χ1) is 9.56. The second-order valence-corrected chi connectivity index (χ2v) is 4.30. The molecule has 0 bridgehead atoms. The lowest BCUT2D eigenvalue weighted by atomic mass is 10.0. The molecule has 0 atom stereocenters. The van der Waals surface area contributed by atoms with Crippen LogP contribution in [0.5, 0.6) is 5.75 Å². The van der Waals surface area contributed by atoms with E-state index in [9.17, 15) is 13.6 Å². The molecule has 0 unspecified atom stereocenters. The lowest BCUT2D eigenvalue weighted by molar-refractivity contribution is -0.0501. The number of carbonyl (C=O) groups excluding carboxylic acids is 1. The maximum absolute atomic E-state index is 12.3. The molecule has 0 N–H and O–H groups in total. The summed E-state index contributed by atoms with van der Waals surface area (Å²) in [5.41, 5.74) is 1.71. The second kappa shape index (κ2) is 6.23. The highest BCUT2D eigenvalue weighted by molar-refractivity contribution is 5.99. The monoisotopic (exact) mass is 277 g/mol. The average molecular weight is 277 g/mol. The minimum atomic E-state index is -2.96. The van der Waals surface area contributed by atoms with Gasteiger partial charge in [0.05, 0.1) is 12.0 Å². The van der Waals surface area contributed by atoms with Gasteiger partial charge in [-0.2, -0.15) is 8.78 Å². The Labute approximate surface area is 115 Å². The van der Waals surface area contributed by atoms with Crippen molar-refractivity contribution in [3.63, 3.8) is 0 Å². The van der Waals surface area contributed by atoms with Gasteiger partial charge < -0.3 is 4.74 Å². The number of hydrogen-bond acceptors (Lipinski definition) is 3. The van der Waals surface area contributed by atoms with Crippen molar-refractivity contribution in [1.29, 1.82) is 0 Å². The Balaban J connectivity index is 2.18. The number of halogens is 2. The number of ether oxygens (including phenoxy) is 1. The summed E-state index contributed by atoms with van der Waals surface area (Å²) in [5, 5.41) is 0. The molecule has 20 heavy (non-hydrogen) atoms. The first kappa shape index (κ1) is 14.1. The van der Waals surface area contributed by atoms with Gasteiger partial charge in [-0.25, -0.2) is 0 Å². The van der Waals surface area contributed by atoms with E-state index in [1.807, 2.05) is 13.0 Å². The molecule has 0 aliphatic heterocycles. The van der Waals surface area contributed by atoms with Crippen molar-refractivity contribution in [2.75, 3.05) is 0 Å². The van der Waals surface area contributed by atoms with Gasteiger partial charge >= 0.3 is 6.61 Å². The van der Waals surface area contributed by atoms with Gasteiger partial charge in [-0.05, 0) is 30.7 Å². The van der Waals surface area contributed by atoms with Crippen LogP contribution in [0.4, 0.5) is 8.78 Å². The maximum Gasteiger partial charge on any atom is 0.387 e. The lowest BCUT2D eigenvalue weighted by Crippen LogP contribution is -2.10. The molecule has 0 radical (unpaired) electrons. The zero-order valence-electron chi connectivity index (χ0n) is 10.8. The van der Waals surface area contributed by atoms with E-state index in [1.54, 1.807) is 24.4 Å². The number of aryl methyl sites for hydroxylation is 1. The molecule has 0 aliphatic rings. The molecular weight excluding hydrogens is 264 g/mol. The number of rotatable bonds is 5. The zero-order valence-corrected chi connectivity index (χ0v) is 10.8. The minimum Gasteiger partial charge on any atom is -0.434 e. The van der Waals surface area contributed by atoms with Crippen LogP contribution in [0.25, 0.3) is 0 Å². The predicted octanol–water partition coefficient (Wildman–Crippen LogP) is 3.42. The average Bonchev–Trinajstić information content (AvgIpc) is 2.41. The molecule has 104 valence electrons. The van der Waals surface area contributed by atoms with Gasteiger partial charge in [0, 0.05) is 11.9 Å². The van der Waals surface area contributed by atoms with Crippen molar-refractivity contribution in [3.05, 3.63) is 59.4 Å². The summed E-state index contributed by atoms with van der Waals surface area (Å²) in [6, 6.07) is 9.55. The Kier molecular flexibility index (Phi) is 4.40. The molecule has 0 saturated heterocycles. The summed E-state index contributed by atoms with van der Waals surface area (Å²) in [7, 11) is 0. The number of aromatic nitrogens is 1. The van der Waals surface area contributed by atoms with Gasteiger partial charge in [-0.15, -0.1) is 0 Å². The van der Waals surface area contributed by atoms with Gasteiger partial charge in [0.15, 0.2) is 5.78 Å². The quantitative estimate of drug-likeness (QED) is 0.786. The fourth-order valence-corrected chi connectivity index (χ4v) is 1.76. The van der Waals surface area contributed by atoms with Crippen LogP contribution < -0.4 is 4.74 Å². The molecule has 5 heteroatoms. The normalized spacial score (nSPS) is 10.6. The van der Waals surface area contributed by atoms with Crippen LogP contribution >= 0.6 is 0 Å². The SMILES string of the molecule is Cc1ccc(CC(=O)c2ccccc2OC(F)F)nc1. The summed E-state index contributed by atoms with van der Waals surface area (Å²) in [6.07, 6.45) is 1.70. The van der Waals surface area contributed by atoms with Crippen LogP contribution in [-0.4, -0.2) is 17.4 Å². The number of hydrogen-bond donors (Lipinski definition) is 0. The molecule has 3 nitrogen and oxygen atoms in total. The Morgan fingerprint density at radius 1 is 1.25 bits per heavy atom. The van der Waals surface area contributed by atoms with E-state index in [-0.39, 0.29) is 23.5 Å². The van der Waals surface area contributed by atoms with Gasteiger partial charge in [0.2, 0.25) is 0 Å². The lowest BCUT2D eigenvalue weighted by Gasteiger charge is -2.09. The van der Waals surface area contributed by atoms with Gasteiger partial charge in [-0.1, -0.05) is 18.2 Å². The predicted molar refractivity (Wildman–Crippen MR) is 70.1 cm³/mol. The highest BCUT2D eigenvalue weighted by Crippen LogP contribution is 2.21. The number of Topliss-reactive ketones (excluding diaryl/α,β-unsaturated/α-hetero) is 1. The fourth-order valence-electron chi connectivity index (χ4n) is 1.76. The van der Waals surface area contributed by atoms with E-state index in [0.29, 0.717) is 5.69 Å². The van der Waals surface area contributed by atoms with Gasteiger partial charge in [-0.3, -0.25) is 9.78 Å². The van der Waals surface area contributed by atoms with Gasteiger partial charge in [0.1, 0.15) is 5.75 Å². The number of alkyl halides is 2. The van der Waals surface area contributed by atoms with Crippen LogP contribution in [0, 0.1) is 6.92 Å². The molecule has 0 amide bonds. The van der Waals surface area contributed by atoms with Crippen LogP contribution in [0.2, 0.25) is 0 Å². The molecule has 1 heterocycles. The third kappa shape index (κ3) is 3.60. The summed E-state index contributed by atoms with van der Waals surface area (Å²) in [4.78, 5) is 16.3. The van der Waals surface area contributed by atoms with Crippen molar-refractivity contribution in [1.82, 2.24) is 4.98 Å². The van der Waals surface area contributed by atoms with Crippen molar-refractivity contribution in [2.24, 2.45) is 0 Å². The first-order valence-electron chi connectivity index (χ1n) is 6.05. The first-order valence-corrected chi connectivity index (χ1v) is 6.05. The van der Waals surface area contributed by atoms with Gasteiger partial charge in [0.25, 0.3) is 0 Å². The van der Waals surface area contributed by atoms with Crippen LogP contribution in [0.1, 0.15) is 21.6 Å². The zero-order chi connectivity index (χ0) is 14.5. The highest BCUT2D eigenvalue weighted by Gasteiger charge is 2.15. The topological polar surface area (TPSA) is 39.2 Å². The fraction of sp³-hybridized carbons (Fsp3) is 0.200. The van der Waals surface area contributed by atoms with E-state index >= 15 is 0 Å². The number of pyridine rings is 1. The third-order valence-corrected chi connectivity index (χ3v) is 2.72. The number of ketones is 1. The summed E-state index contributed by atoms with van der Waals surface area (Å²) >= 11 is 0. The van der Waals surface area contributed by atoms with Crippen molar-refractivity contribution in [3.8, 4) is 5.75 Å². The Morgan fingerprint density at radius 2 is 2.00 bits per heavy atom. The number of benzene rings is 1. The van der Waals surface area contributed by atoms with Crippen molar-refractivity contribution >= 4 is 5.78 Å². The van der Waals surface area contributed by atoms with Crippen LogP contribution in [0.15, 0.2) is 42.6 Å². The van der Waals surface area contributed by atoms with E-state index in [0.717, 1.165) is 5.56 Å². The van der Waals surface area contributed by atoms with Crippen molar-refractivity contribution < 1.29 is 18.3 Å². The summed E-state index contributed by atoms with van der Waals surface area (Å²) < 4.78 is 28.9. The summed E-state index contributed by atoms with van der Waals surface area (Å²) in [5.74, 6) is -0.419. The second-order valence-electron chi connectivity index (χ2n) is 4.30. The Morgan fingerprint density at radius 3 is 2.65 bits per heavy atom. The summed E-state index contributed by atoms with van der Waals surface area (Å²) in [6.45, 7) is -1.06. The standard InChI is InChI=1S/C15H13F2NO2/c1-10-6-7-11(18-9-10)8-13(19)12-4-2-3-5-14(12)20-15(16)17/h2-7,9,15H,8H2,1H3. The largest absolute Gasteiger partial charge is 0.434 e. The van der Waals surface area contributed by atoms with Crippen molar-refractivity contribution in [2.45, 2.75) is 20.0 Å². The number of nitrogens with zero attached hydrogens (tertiary/aromatic N) is 1. The van der Waals surface area contributed by atoms with E-state index < -0.39 is 6.61 Å². The molecule has 1 aromatic carbocycles. The molecule has 2 rings (SSSR count). The smallest absolute Gasteiger partial charge is 0.387 e. The molecular formula is C15H13F2NO2. The molecule has 2 aromatic rings. The van der Waals surface area contributed by atoms with Crippen LogP contribution in [0.3, 0.4) is 0 Å². The molecule has 0 saturated carbocycles. The van der Waals surface area contributed by atoms with E-state index in [2.05, 4.69) is 9.72 Å². The number of carbonyl (C=O) groups is 1. The van der Waals surface area contributed by atoms with E-state index in [1.165, 1.54) is 12.1 Å². The van der Waals surface area contributed by atoms with Crippen LogP contribution in [-0.2, 0) is 6.42 Å². The molecule has 0 aliphatic carbocycles.